The van der Waals surface area contributed by atoms with Gasteiger partial charge in [0.2, 0.25) is 0 Å². The van der Waals surface area contributed by atoms with Gasteiger partial charge in [-0.05, 0) is 37.5 Å². The molecule has 0 bridgehead atoms. The Morgan fingerprint density at radius 1 is 1.15 bits per heavy atom. The van der Waals surface area contributed by atoms with E-state index < -0.39 is 10.8 Å². The lowest BCUT2D eigenvalue weighted by atomic mass is 10.1. The maximum Gasteiger partial charge on any atom is 0.270 e. The number of anilines is 1. The Morgan fingerprint density at radius 2 is 1.85 bits per heavy atom. The molecule has 27 heavy (non-hydrogen) atoms. The first-order valence-electron chi connectivity index (χ1n) is 8.52. The monoisotopic (exact) mass is 387 g/mol. The highest BCUT2D eigenvalue weighted by Crippen LogP contribution is 2.27. The van der Waals surface area contributed by atoms with Crippen LogP contribution in [0, 0.1) is 17.0 Å². The third kappa shape index (κ3) is 3.93. The van der Waals surface area contributed by atoms with Gasteiger partial charge in [-0.2, -0.15) is 0 Å². The highest BCUT2D eigenvalue weighted by atomic mass is 35.5. The third-order valence-corrected chi connectivity index (χ3v) is 4.86. The zero-order valence-corrected chi connectivity index (χ0v) is 15.5. The fraction of sp³-hybridized carbons (Fsp3) is 0.263. The summed E-state index contributed by atoms with van der Waals surface area (Å²) in [6, 6.07) is 8.90. The van der Waals surface area contributed by atoms with Crippen LogP contribution in [0.5, 0.6) is 0 Å². The Labute approximate surface area is 161 Å². The van der Waals surface area contributed by atoms with Crippen LogP contribution in [0.25, 0.3) is 0 Å². The van der Waals surface area contributed by atoms with Crippen LogP contribution in [-0.2, 0) is 0 Å². The topological polar surface area (TPSA) is 92.6 Å². The van der Waals surface area contributed by atoms with Crippen LogP contribution in [0.3, 0.4) is 0 Å². The summed E-state index contributed by atoms with van der Waals surface area (Å²) in [6.07, 6.45) is 1.94. The Balaban J connectivity index is 1.90. The number of rotatable bonds is 4. The highest BCUT2D eigenvalue weighted by molar-refractivity contribution is 6.34. The minimum atomic E-state index is -0.582. The van der Waals surface area contributed by atoms with Crippen LogP contribution >= 0.6 is 11.6 Å². The molecule has 0 unspecified atom stereocenters. The number of halogens is 1. The van der Waals surface area contributed by atoms with E-state index in [2.05, 4.69) is 5.32 Å². The van der Waals surface area contributed by atoms with Crippen molar-refractivity contribution in [2.75, 3.05) is 18.4 Å². The molecule has 2 aromatic rings. The van der Waals surface area contributed by atoms with E-state index in [9.17, 15) is 19.7 Å². The van der Waals surface area contributed by atoms with Crippen molar-refractivity contribution < 1.29 is 14.5 Å². The van der Waals surface area contributed by atoms with Gasteiger partial charge in [-0.15, -0.1) is 0 Å². The predicted molar refractivity (Wildman–Crippen MR) is 102 cm³/mol. The largest absolute Gasteiger partial charge is 0.339 e. The van der Waals surface area contributed by atoms with Gasteiger partial charge in [-0.25, -0.2) is 0 Å². The van der Waals surface area contributed by atoms with Gasteiger partial charge in [-0.3, -0.25) is 19.7 Å². The number of carbonyl (C=O) groups is 2. The first-order valence-corrected chi connectivity index (χ1v) is 8.90. The molecule has 2 amide bonds. The number of nitrogens with one attached hydrogen (secondary N) is 1. The molecule has 1 saturated heterocycles. The second kappa shape index (κ2) is 7.75. The molecular formula is C19H18ClN3O4. The van der Waals surface area contributed by atoms with Gasteiger partial charge in [0, 0.05) is 25.2 Å². The van der Waals surface area contributed by atoms with E-state index in [4.69, 9.17) is 11.6 Å². The number of nitrogens with zero attached hydrogens (tertiary/aromatic N) is 2. The predicted octanol–water partition coefficient (Wildman–Crippen LogP) is 4.04. The molecule has 1 fully saturated rings. The second-order valence-corrected chi connectivity index (χ2v) is 6.78. The van der Waals surface area contributed by atoms with Crippen molar-refractivity contribution in [2.45, 2.75) is 19.8 Å². The molecule has 7 nitrogen and oxygen atoms in total. The van der Waals surface area contributed by atoms with E-state index in [1.54, 1.807) is 30.0 Å². The molecule has 0 saturated carbocycles. The van der Waals surface area contributed by atoms with E-state index in [1.807, 2.05) is 0 Å². The number of carbonyl (C=O) groups excluding carboxylic acids is 2. The van der Waals surface area contributed by atoms with Crippen molar-refractivity contribution in [1.29, 1.82) is 0 Å². The number of para-hydroxylation sites is 1. The molecule has 8 heteroatoms. The Kier molecular flexibility index (Phi) is 5.41. The van der Waals surface area contributed by atoms with Crippen LogP contribution in [-0.4, -0.2) is 34.7 Å². The number of nitro groups is 1. The average molecular weight is 388 g/mol. The molecule has 0 atom stereocenters. The molecule has 1 N–H and O–H groups in total. The molecular weight excluding hydrogens is 370 g/mol. The standard InChI is InChI=1S/C19H18ClN3O4/c1-12-5-4-6-15(19(25)22-9-2-3-10-22)17(12)21-18(24)14-8-7-13(23(26)27)11-16(14)20/h4-8,11H,2-3,9-10H2,1H3,(H,21,24). The van der Waals surface area contributed by atoms with Crippen LogP contribution in [0.15, 0.2) is 36.4 Å². The molecule has 0 spiro atoms. The normalized spacial score (nSPS) is 13.5. The van der Waals surface area contributed by atoms with Crippen molar-refractivity contribution in [3.05, 3.63) is 68.2 Å². The van der Waals surface area contributed by atoms with Crippen molar-refractivity contribution in [2.24, 2.45) is 0 Å². The molecule has 0 radical (unpaired) electrons. The number of non-ortho nitro benzene ring substituents is 1. The first-order chi connectivity index (χ1) is 12.9. The lowest BCUT2D eigenvalue weighted by Crippen LogP contribution is -2.29. The van der Waals surface area contributed by atoms with Gasteiger partial charge in [0.05, 0.1) is 26.8 Å². The van der Waals surface area contributed by atoms with Gasteiger partial charge in [0.15, 0.2) is 0 Å². The number of hydrogen-bond acceptors (Lipinski definition) is 4. The molecule has 3 rings (SSSR count). The number of hydrogen-bond donors (Lipinski definition) is 1. The van der Waals surface area contributed by atoms with E-state index >= 15 is 0 Å². The van der Waals surface area contributed by atoms with Crippen LogP contribution in [0.1, 0.15) is 39.1 Å². The number of aryl methyl sites for hydroxylation is 1. The molecule has 1 heterocycles. The number of amides is 2. The molecule has 1 aliphatic heterocycles. The smallest absolute Gasteiger partial charge is 0.270 e. The van der Waals surface area contributed by atoms with Gasteiger partial charge < -0.3 is 10.2 Å². The fourth-order valence-electron chi connectivity index (χ4n) is 3.09. The van der Waals surface area contributed by atoms with E-state index in [-0.39, 0.29) is 22.2 Å². The number of benzene rings is 2. The Hall–Kier alpha value is -2.93. The first kappa shape index (κ1) is 18.8. The van der Waals surface area contributed by atoms with Crippen molar-refractivity contribution >= 4 is 34.8 Å². The van der Waals surface area contributed by atoms with Gasteiger partial charge >= 0.3 is 0 Å². The van der Waals surface area contributed by atoms with Gasteiger partial charge in [0.1, 0.15) is 0 Å². The average Bonchev–Trinajstić information content (AvgIpc) is 3.17. The summed E-state index contributed by atoms with van der Waals surface area (Å²) in [7, 11) is 0. The molecule has 1 aliphatic rings. The maximum absolute atomic E-state index is 12.8. The van der Waals surface area contributed by atoms with E-state index in [0.29, 0.717) is 24.3 Å². The SMILES string of the molecule is Cc1cccc(C(=O)N2CCCC2)c1NC(=O)c1ccc([N+](=O)[O-])cc1Cl. The van der Waals surface area contributed by atoms with E-state index in [0.717, 1.165) is 24.5 Å². The van der Waals surface area contributed by atoms with Gasteiger partial charge in [-0.1, -0.05) is 23.7 Å². The summed E-state index contributed by atoms with van der Waals surface area (Å²) >= 11 is 6.04. The molecule has 140 valence electrons. The third-order valence-electron chi connectivity index (χ3n) is 4.54. The van der Waals surface area contributed by atoms with Crippen LogP contribution in [0.2, 0.25) is 5.02 Å². The summed E-state index contributed by atoms with van der Waals surface area (Å²) in [5, 5.41) is 13.5. The highest BCUT2D eigenvalue weighted by Gasteiger charge is 2.24. The van der Waals surface area contributed by atoms with Crippen LogP contribution < -0.4 is 5.32 Å². The van der Waals surface area contributed by atoms with Gasteiger partial charge in [0.25, 0.3) is 17.5 Å². The molecule has 2 aromatic carbocycles. The van der Waals surface area contributed by atoms with Crippen molar-refractivity contribution in [1.82, 2.24) is 4.90 Å². The number of nitro benzene ring substituents is 1. The summed E-state index contributed by atoms with van der Waals surface area (Å²) in [5.74, 6) is -0.652. The number of likely N-dealkylation sites (tertiary alicyclic amines) is 1. The maximum atomic E-state index is 12.8. The zero-order chi connectivity index (χ0) is 19.6. The minimum absolute atomic E-state index is 0.0253. The summed E-state index contributed by atoms with van der Waals surface area (Å²) in [4.78, 5) is 37.5. The van der Waals surface area contributed by atoms with Crippen molar-refractivity contribution in [3.8, 4) is 0 Å². The lowest BCUT2D eigenvalue weighted by Gasteiger charge is -2.19. The van der Waals surface area contributed by atoms with E-state index in [1.165, 1.54) is 12.1 Å². The molecule has 0 aliphatic carbocycles. The quantitative estimate of drug-likeness (QED) is 0.632. The summed E-state index contributed by atoms with van der Waals surface area (Å²) in [5.41, 5.74) is 1.49. The zero-order valence-electron chi connectivity index (χ0n) is 14.7. The Bertz CT molecular complexity index is 923. The fourth-order valence-corrected chi connectivity index (χ4v) is 3.35. The Morgan fingerprint density at radius 3 is 2.48 bits per heavy atom. The lowest BCUT2D eigenvalue weighted by molar-refractivity contribution is -0.384. The second-order valence-electron chi connectivity index (χ2n) is 6.37. The molecule has 0 aromatic heterocycles. The summed E-state index contributed by atoms with van der Waals surface area (Å²) in [6.45, 7) is 3.20. The van der Waals surface area contributed by atoms with Crippen molar-refractivity contribution in [3.63, 3.8) is 0 Å². The minimum Gasteiger partial charge on any atom is -0.339 e. The summed E-state index contributed by atoms with van der Waals surface area (Å²) < 4.78 is 0. The van der Waals surface area contributed by atoms with Crippen LogP contribution in [0.4, 0.5) is 11.4 Å².